The Balaban J connectivity index is 5.89. The zero-order valence-electron chi connectivity index (χ0n) is 11.3. The van der Waals surface area contributed by atoms with Crippen LogP contribution in [0.1, 0.15) is 0 Å². The summed E-state index contributed by atoms with van der Waals surface area (Å²) in [7, 11) is -4.77. The Bertz CT molecular complexity index is 286. The molecule has 92 valence electrons. The predicted octanol–water partition coefficient (Wildman–Crippen LogP) is 4.19. The average Bonchev–Trinajstić information content (AvgIpc) is 1.98. The minimum Gasteiger partial charge on any atom is -0.324 e. The van der Waals surface area contributed by atoms with Gasteiger partial charge in [0.1, 0.15) is 7.74 Å². The minimum atomic E-state index is -2.17. The second kappa shape index (κ2) is 4.17. The quantitative estimate of drug-likeness (QED) is 0.469. The maximum atomic E-state index is 13.5. The summed E-state index contributed by atoms with van der Waals surface area (Å²) < 4.78 is 13.5. The van der Waals surface area contributed by atoms with Gasteiger partial charge < -0.3 is 9.97 Å². The molecule has 1 atom stereocenters. The van der Waals surface area contributed by atoms with Crippen molar-refractivity contribution in [1.82, 2.24) is 0 Å². The lowest BCUT2D eigenvalue weighted by Crippen LogP contribution is -2.41. The van der Waals surface area contributed by atoms with Gasteiger partial charge in [-0.1, -0.05) is 32.7 Å². The molecule has 6 heteroatoms. The molecule has 0 aliphatic rings. The van der Waals surface area contributed by atoms with Crippen molar-refractivity contribution in [1.29, 1.82) is 5.41 Å². The van der Waals surface area contributed by atoms with Gasteiger partial charge in [-0.3, -0.25) is 0 Å². The molecule has 0 radical (unpaired) electrons. The third-order valence-electron chi connectivity index (χ3n) is 2.77. The van der Waals surface area contributed by atoms with Crippen LogP contribution in [0.4, 0.5) is 0 Å². The van der Waals surface area contributed by atoms with E-state index < -0.39 is 30.6 Å². The highest BCUT2D eigenvalue weighted by Crippen LogP contribution is 2.84. The van der Waals surface area contributed by atoms with E-state index in [4.69, 9.17) is 5.41 Å². The lowest BCUT2D eigenvalue weighted by molar-refractivity contribution is 0.598. The molecule has 0 aliphatic heterocycles. The summed E-state index contributed by atoms with van der Waals surface area (Å²) in [6, 6.07) is 0. The Morgan fingerprint density at radius 1 is 1.07 bits per heavy atom. The number of nitrogens with one attached hydrogen (secondary N) is 1. The fraction of sp³-hybridized carbons (Fsp3) is 0.889. The van der Waals surface area contributed by atoms with Crippen LogP contribution in [0, 0.1) is 5.41 Å². The van der Waals surface area contributed by atoms with Crippen LogP contribution in [0.3, 0.4) is 0 Å². The van der Waals surface area contributed by atoms with Crippen molar-refractivity contribution >= 4 is 36.4 Å². The molecule has 0 rings (SSSR count). The summed E-state index contributed by atoms with van der Waals surface area (Å²) in [6.07, 6.45) is 6.51. The molecule has 15 heavy (non-hydrogen) atoms. The van der Waals surface area contributed by atoms with Crippen LogP contribution in [0.25, 0.3) is 0 Å². The molecule has 0 heterocycles. The SMILES string of the molecule is C[Si](C)(C)P(=O)([Si](C)(C)C=N)S(C)(C)C. The van der Waals surface area contributed by atoms with Crippen LogP contribution in [-0.4, -0.2) is 40.1 Å². The monoisotopic (exact) mass is 283 g/mol. The summed E-state index contributed by atoms with van der Waals surface area (Å²) in [4.78, 5) is 0. The molecule has 0 saturated carbocycles. The van der Waals surface area contributed by atoms with Crippen molar-refractivity contribution in [3.63, 3.8) is 0 Å². The second-order valence-electron chi connectivity index (χ2n) is 6.29. The first kappa shape index (κ1) is 15.7. The van der Waals surface area contributed by atoms with E-state index in [1.807, 2.05) is 0 Å². The molecular formula is C9H26NOPSSi2. The molecular weight excluding hydrogens is 257 g/mol. The van der Waals surface area contributed by atoms with E-state index in [9.17, 15) is 4.57 Å². The van der Waals surface area contributed by atoms with Gasteiger partial charge in [0.15, 0.2) is 7.74 Å². The molecule has 0 fully saturated rings. The predicted molar refractivity (Wildman–Crippen MR) is 82.6 cm³/mol. The highest BCUT2D eigenvalue weighted by molar-refractivity contribution is 8.93. The van der Waals surface area contributed by atoms with E-state index in [0.717, 1.165) is 0 Å². The normalized spacial score (nSPS) is 19.5. The maximum absolute atomic E-state index is 13.5. The Morgan fingerprint density at radius 2 is 1.40 bits per heavy atom. The van der Waals surface area contributed by atoms with Gasteiger partial charge in [0.25, 0.3) is 0 Å². The second-order valence-corrected chi connectivity index (χ2v) is 38.3. The molecule has 0 aromatic carbocycles. The van der Waals surface area contributed by atoms with Crippen molar-refractivity contribution in [2.45, 2.75) is 32.7 Å². The summed E-state index contributed by atoms with van der Waals surface area (Å²) in [5.74, 6) is 1.55. The summed E-state index contributed by atoms with van der Waals surface area (Å²) >= 11 is 0. The van der Waals surface area contributed by atoms with Crippen molar-refractivity contribution < 1.29 is 4.57 Å². The Labute approximate surface area is 97.9 Å². The summed E-state index contributed by atoms with van der Waals surface area (Å²) in [5.41, 5.74) is -2.17. The van der Waals surface area contributed by atoms with Crippen LogP contribution in [0.15, 0.2) is 0 Å². The fourth-order valence-corrected chi connectivity index (χ4v) is 66.4. The Hall–Kier alpha value is 0.684. The highest BCUT2D eigenvalue weighted by atomic mass is 32.9. The first-order valence-electron chi connectivity index (χ1n) is 5.11. The van der Waals surface area contributed by atoms with E-state index >= 15 is 0 Å². The topological polar surface area (TPSA) is 40.9 Å². The third kappa shape index (κ3) is 2.51. The molecule has 0 saturated heterocycles. The van der Waals surface area contributed by atoms with Gasteiger partial charge in [-0.05, 0) is 24.6 Å². The van der Waals surface area contributed by atoms with Gasteiger partial charge in [-0.15, -0.1) is 0 Å². The third-order valence-corrected chi connectivity index (χ3v) is 53.4. The lowest BCUT2D eigenvalue weighted by atomic mass is 11.7. The molecule has 0 aromatic heterocycles. The first-order chi connectivity index (χ1) is 6.31. The van der Waals surface area contributed by atoms with E-state index in [0.29, 0.717) is 0 Å². The maximum Gasteiger partial charge on any atom is 0.169 e. The van der Waals surface area contributed by atoms with Crippen LogP contribution < -0.4 is 0 Å². The van der Waals surface area contributed by atoms with E-state index in [1.165, 1.54) is 0 Å². The van der Waals surface area contributed by atoms with Crippen molar-refractivity contribution in [3.05, 3.63) is 0 Å². The largest absolute Gasteiger partial charge is 0.324 e. The molecule has 1 N–H and O–H groups in total. The van der Waals surface area contributed by atoms with Gasteiger partial charge in [0.2, 0.25) is 0 Å². The Kier molecular flexibility index (Phi) is 4.36. The first-order valence-corrected chi connectivity index (χ1v) is 18.5. The lowest BCUT2D eigenvalue weighted by Gasteiger charge is -2.50. The molecule has 0 aliphatic carbocycles. The number of hydrogen-bond donors (Lipinski definition) is 1. The van der Waals surface area contributed by atoms with E-state index in [1.54, 1.807) is 5.84 Å². The summed E-state index contributed by atoms with van der Waals surface area (Å²) in [6.45, 7) is 10.9. The molecule has 2 nitrogen and oxygen atoms in total. The van der Waals surface area contributed by atoms with Gasteiger partial charge in [0.05, 0.1) is 5.44 Å². The van der Waals surface area contributed by atoms with E-state index in [2.05, 4.69) is 51.5 Å². The van der Waals surface area contributed by atoms with Crippen molar-refractivity contribution in [2.75, 3.05) is 18.8 Å². The van der Waals surface area contributed by atoms with E-state index in [-0.39, 0.29) is 0 Å². The smallest absolute Gasteiger partial charge is 0.169 e. The van der Waals surface area contributed by atoms with Gasteiger partial charge in [-0.25, -0.2) is 9.65 Å². The number of rotatable bonds is 4. The van der Waals surface area contributed by atoms with Gasteiger partial charge >= 0.3 is 0 Å². The number of hydrogen-bond acceptors (Lipinski definition) is 2. The zero-order chi connectivity index (χ0) is 12.7. The molecule has 1 unspecified atom stereocenters. The standard InChI is InChI=1S/C9H26NOPSSi2/c1-13(2,3)12(11,14(4,5)6)15(7,8)9-10/h9-10H,1-8H3. The van der Waals surface area contributed by atoms with Crippen LogP contribution in [-0.2, 0) is 4.57 Å². The Morgan fingerprint density at radius 3 is 1.47 bits per heavy atom. The van der Waals surface area contributed by atoms with Gasteiger partial charge in [0, 0.05) is 0 Å². The molecule has 0 bridgehead atoms. The highest BCUT2D eigenvalue weighted by Gasteiger charge is 2.55. The van der Waals surface area contributed by atoms with Gasteiger partial charge in [-0.2, -0.15) is 0 Å². The van der Waals surface area contributed by atoms with Crippen LogP contribution in [0.2, 0.25) is 32.7 Å². The zero-order valence-corrected chi connectivity index (χ0v) is 15.1. The molecule has 0 amide bonds. The minimum absolute atomic E-state index is 1.06. The average molecular weight is 284 g/mol. The van der Waals surface area contributed by atoms with Crippen molar-refractivity contribution in [3.8, 4) is 0 Å². The molecule has 0 aromatic rings. The van der Waals surface area contributed by atoms with Crippen LogP contribution in [0.5, 0.6) is 0 Å². The van der Waals surface area contributed by atoms with Crippen molar-refractivity contribution in [2.24, 2.45) is 0 Å². The fourth-order valence-electron chi connectivity index (χ4n) is 2.48. The summed E-state index contributed by atoms with van der Waals surface area (Å²) in [5, 5.41) is 7.62. The molecule has 0 spiro atoms. The van der Waals surface area contributed by atoms with Crippen LogP contribution >= 0.6 is 15.1 Å².